The highest BCUT2D eigenvalue weighted by molar-refractivity contribution is 5.89. The maximum absolute atomic E-state index is 9.17. The van der Waals surface area contributed by atoms with E-state index in [9.17, 15) is 5.26 Å². The zero-order valence-corrected chi connectivity index (χ0v) is 9.67. The van der Waals surface area contributed by atoms with Crippen molar-refractivity contribution in [3.05, 3.63) is 71.3 Å². The predicted octanol–water partition coefficient (Wildman–Crippen LogP) is 3.62. The summed E-state index contributed by atoms with van der Waals surface area (Å²) in [6, 6.07) is 20.9. The van der Waals surface area contributed by atoms with Crippen molar-refractivity contribution >= 4 is 11.6 Å². The summed E-state index contributed by atoms with van der Waals surface area (Å²) in [4.78, 5) is 0. The Kier molecular flexibility index (Phi) is 3.54. The van der Waals surface area contributed by atoms with Crippen LogP contribution < -0.4 is 0 Å². The lowest BCUT2D eigenvalue weighted by atomic mass is 10.0. The lowest BCUT2D eigenvalue weighted by Gasteiger charge is -1.99. The van der Waals surface area contributed by atoms with Gasteiger partial charge < -0.3 is 0 Å². The number of allylic oxidation sites excluding steroid dienone is 1. The van der Waals surface area contributed by atoms with Gasteiger partial charge in [0, 0.05) is 0 Å². The van der Waals surface area contributed by atoms with Crippen LogP contribution in [-0.2, 0) is 0 Å². The number of nitrogens with zero attached hydrogens (tertiary/aromatic N) is 2. The van der Waals surface area contributed by atoms with Gasteiger partial charge in [-0.15, -0.1) is 0 Å². The van der Waals surface area contributed by atoms with E-state index in [2.05, 4.69) is 12.1 Å². The lowest BCUT2D eigenvalue weighted by Crippen LogP contribution is -1.81. The van der Waals surface area contributed by atoms with Crippen LogP contribution in [0.3, 0.4) is 0 Å². The maximum atomic E-state index is 9.17. The third-order valence-electron chi connectivity index (χ3n) is 2.56. The smallest absolute Gasteiger partial charge is 0.0998 e. The van der Waals surface area contributed by atoms with Gasteiger partial charge in [0.2, 0.25) is 0 Å². The Morgan fingerprint density at radius 1 is 0.889 bits per heavy atom. The Morgan fingerprint density at radius 2 is 1.56 bits per heavy atom. The highest BCUT2D eigenvalue weighted by Gasteiger charge is 1.99. The van der Waals surface area contributed by atoms with Crippen molar-refractivity contribution in [1.29, 1.82) is 10.5 Å². The zero-order chi connectivity index (χ0) is 12.8. The molecule has 2 aromatic rings. The standard InChI is InChI=1S/C16H10N2/c17-11-14-8-6-13(7-9-14)10-16(12-18)15-4-2-1-3-5-15/h1-10H/b16-10+. The summed E-state index contributed by atoms with van der Waals surface area (Å²) in [6.45, 7) is 0. The van der Waals surface area contributed by atoms with E-state index in [1.807, 2.05) is 48.5 Å². The van der Waals surface area contributed by atoms with Gasteiger partial charge in [0.1, 0.15) is 0 Å². The van der Waals surface area contributed by atoms with Crippen LogP contribution in [0, 0.1) is 22.7 Å². The first-order chi connectivity index (χ1) is 8.83. The number of nitriles is 2. The van der Waals surface area contributed by atoms with Crippen LogP contribution in [0.2, 0.25) is 0 Å². The fourth-order valence-electron chi connectivity index (χ4n) is 1.62. The van der Waals surface area contributed by atoms with E-state index in [-0.39, 0.29) is 0 Å². The van der Waals surface area contributed by atoms with Crippen LogP contribution in [0.25, 0.3) is 11.6 Å². The van der Waals surface area contributed by atoms with Crippen molar-refractivity contribution in [2.75, 3.05) is 0 Å². The van der Waals surface area contributed by atoms with Crippen molar-refractivity contribution in [1.82, 2.24) is 0 Å². The molecule has 18 heavy (non-hydrogen) atoms. The topological polar surface area (TPSA) is 47.6 Å². The third-order valence-corrected chi connectivity index (χ3v) is 2.56. The van der Waals surface area contributed by atoms with Crippen molar-refractivity contribution in [2.45, 2.75) is 0 Å². The molecule has 2 nitrogen and oxygen atoms in total. The summed E-state index contributed by atoms with van der Waals surface area (Å²) in [5, 5.41) is 17.9. The van der Waals surface area contributed by atoms with E-state index in [0.717, 1.165) is 11.1 Å². The Balaban J connectivity index is 2.36. The van der Waals surface area contributed by atoms with Gasteiger partial charge in [0.25, 0.3) is 0 Å². The lowest BCUT2D eigenvalue weighted by molar-refractivity contribution is 1.48. The molecule has 2 aromatic carbocycles. The van der Waals surface area contributed by atoms with Gasteiger partial charge in [-0.25, -0.2) is 0 Å². The number of benzene rings is 2. The van der Waals surface area contributed by atoms with Crippen LogP contribution in [0.15, 0.2) is 54.6 Å². The van der Waals surface area contributed by atoms with E-state index < -0.39 is 0 Å². The second-order valence-corrected chi connectivity index (χ2v) is 3.77. The zero-order valence-electron chi connectivity index (χ0n) is 9.67. The van der Waals surface area contributed by atoms with Crippen molar-refractivity contribution < 1.29 is 0 Å². The molecule has 0 atom stereocenters. The van der Waals surface area contributed by atoms with Crippen LogP contribution in [0.5, 0.6) is 0 Å². The molecule has 0 N–H and O–H groups in total. The van der Waals surface area contributed by atoms with Crippen molar-refractivity contribution in [2.24, 2.45) is 0 Å². The molecular formula is C16H10N2. The van der Waals surface area contributed by atoms with E-state index >= 15 is 0 Å². The summed E-state index contributed by atoms with van der Waals surface area (Å²) < 4.78 is 0. The molecule has 0 radical (unpaired) electrons. The van der Waals surface area contributed by atoms with Crippen LogP contribution in [0.1, 0.15) is 16.7 Å². The fourth-order valence-corrected chi connectivity index (χ4v) is 1.62. The summed E-state index contributed by atoms with van der Waals surface area (Å²) in [6.07, 6.45) is 1.82. The molecule has 0 aliphatic rings. The molecule has 0 unspecified atom stereocenters. The van der Waals surface area contributed by atoms with E-state index in [1.165, 1.54) is 0 Å². The minimum absolute atomic E-state index is 0.611. The van der Waals surface area contributed by atoms with Gasteiger partial charge in [-0.05, 0) is 29.3 Å². The normalized spacial score (nSPS) is 10.4. The average molecular weight is 230 g/mol. The number of hydrogen-bond donors (Lipinski definition) is 0. The molecule has 2 rings (SSSR count). The SMILES string of the molecule is N#C/C(=C\c1ccc(C#N)cc1)c1ccccc1. The number of rotatable bonds is 2. The minimum atomic E-state index is 0.611. The first-order valence-electron chi connectivity index (χ1n) is 5.51. The first-order valence-corrected chi connectivity index (χ1v) is 5.51. The van der Waals surface area contributed by atoms with E-state index in [4.69, 9.17) is 5.26 Å². The first kappa shape index (κ1) is 11.6. The molecule has 0 fully saturated rings. The molecule has 0 heterocycles. The minimum Gasteiger partial charge on any atom is -0.192 e. The quantitative estimate of drug-likeness (QED) is 0.584. The van der Waals surface area contributed by atoms with Gasteiger partial charge in [-0.2, -0.15) is 10.5 Å². The second-order valence-electron chi connectivity index (χ2n) is 3.77. The molecule has 0 bridgehead atoms. The highest BCUT2D eigenvalue weighted by atomic mass is 14.2. The number of hydrogen-bond acceptors (Lipinski definition) is 2. The molecule has 0 aromatic heterocycles. The van der Waals surface area contributed by atoms with Gasteiger partial charge in [-0.3, -0.25) is 0 Å². The summed E-state index contributed by atoms with van der Waals surface area (Å²) in [7, 11) is 0. The summed E-state index contributed by atoms with van der Waals surface area (Å²) >= 11 is 0. The van der Waals surface area contributed by atoms with Gasteiger partial charge in [0.05, 0.1) is 23.3 Å². The fraction of sp³-hybridized carbons (Fsp3) is 0. The molecule has 0 saturated carbocycles. The molecular weight excluding hydrogens is 220 g/mol. The average Bonchev–Trinajstić information content (AvgIpc) is 2.46. The molecule has 0 aliphatic carbocycles. The van der Waals surface area contributed by atoms with Crippen molar-refractivity contribution in [3.8, 4) is 12.1 Å². The Bertz CT molecular complexity index is 638. The Morgan fingerprint density at radius 3 is 2.11 bits per heavy atom. The van der Waals surface area contributed by atoms with Crippen LogP contribution in [0.4, 0.5) is 0 Å². The third kappa shape index (κ3) is 2.64. The molecule has 2 heteroatoms. The summed E-state index contributed by atoms with van der Waals surface area (Å²) in [5.74, 6) is 0. The summed E-state index contributed by atoms with van der Waals surface area (Å²) in [5.41, 5.74) is 3.03. The second kappa shape index (κ2) is 5.48. The molecule has 0 saturated heterocycles. The molecule has 0 spiro atoms. The van der Waals surface area contributed by atoms with E-state index in [0.29, 0.717) is 11.1 Å². The maximum Gasteiger partial charge on any atom is 0.0998 e. The van der Waals surface area contributed by atoms with Gasteiger partial charge in [0.15, 0.2) is 0 Å². The van der Waals surface area contributed by atoms with Gasteiger partial charge >= 0.3 is 0 Å². The Labute approximate surface area is 106 Å². The Hall–Kier alpha value is -2.84. The largest absolute Gasteiger partial charge is 0.192 e. The van der Waals surface area contributed by atoms with Crippen LogP contribution >= 0.6 is 0 Å². The van der Waals surface area contributed by atoms with Crippen LogP contribution in [-0.4, -0.2) is 0 Å². The van der Waals surface area contributed by atoms with Gasteiger partial charge in [-0.1, -0.05) is 42.5 Å². The highest BCUT2D eigenvalue weighted by Crippen LogP contribution is 2.17. The molecule has 0 amide bonds. The monoisotopic (exact) mass is 230 g/mol. The molecule has 84 valence electrons. The van der Waals surface area contributed by atoms with E-state index in [1.54, 1.807) is 12.1 Å². The van der Waals surface area contributed by atoms with Crippen molar-refractivity contribution in [3.63, 3.8) is 0 Å². The predicted molar refractivity (Wildman–Crippen MR) is 71.1 cm³/mol. The molecule has 0 aliphatic heterocycles.